The Kier molecular flexibility index (Phi) is 8.95. The Labute approximate surface area is 92.6 Å². The van der Waals surface area contributed by atoms with E-state index in [1.165, 1.54) is 11.3 Å². The van der Waals surface area contributed by atoms with Crippen LogP contribution in [0.4, 0.5) is 0 Å². The minimum absolute atomic E-state index is 0.814. The number of unbranched alkanes of at least 4 members (excludes halogenated alkanes) is 1. The molecular formula is C12H22OS. The van der Waals surface area contributed by atoms with Crippen molar-refractivity contribution in [1.29, 1.82) is 0 Å². The molecule has 0 unspecified atom stereocenters. The van der Waals surface area contributed by atoms with Crippen LogP contribution in [0.25, 0.3) is 0 Å². The molecule has 0 saturated heterocycles. The maximum Gasteiger partial charge on any atom is 0.0896 e. The molecule has 0 aliphatic rings. The smallest absolute Gasteiger partial charge is 0.0896 e. The average molecular weight is 214 g/mol. The Morgan fingerprint density at radius 1 is 1.29 bits per heavy atom. The van der Waals surface area contributed by atoms with Crippen LogP contribution in [-0.4, -0.2) is 12.4 Å². The predicted octanol–water partition coefficient (Wildman–Crippen LogP) is 4.36. The second-order valence-corrected chi connectivity index (χ2v) is 4.51. The molecule has 0 rings (SSSR count). The van der Waals surface area contributed by atoms with Gasteiger partial charge in [-0.25, -0.2) is 0 Å². The third-order valence-corrected chi connectivity index (χ3v) is 2.99. The highest BCUT2D eigenvalue weighted by Gasteiger charge is 1.97. The summed E-state index contributed by atoms with van der Waals surface area (Å²) in [6.07, 6.45) is 4.28. The third kappa shape index (κ3) is 8.24. The maximum absolute atomic E-state index is 5.46. The lowest BCUT2D eigenvalue weighted by atomic mass is 10.3. The van der Waals surface area contributed by atoms with Crippen LogP contribution in [0.5, 0.6) is 0 Å². The summed E-state index contributed by atoms with van der Waals surface area (Å²) in [5.41, 5.74) is 0. The van der Waals surface area contributed by atoms with E-state index in [1.54, 1.807) is 0 Å². The summed E-state index contributed by atoms with van der Waals surface area (Å²) in [5.74, 6) is 1.95. The van der Waals surface area contributed by atoms with Crippen LogP contribution in [-0.2, 0) is 4.74 Å². The minimum atomic E-state index is 0.814. The van der Waals surface area contributed by atoms with Crippen LogP contribution in [0.2, 0.25) is 0 Å². The molecule has 0 bridgehead atoms. The molecule has 0 aromatic heterocycles. The van der Waals surface area contributed by atoms with E-state index < -0.39 is 0 Å². The Hall–Kier alpha value is -0.370. The maximum atomic E-state index is 5.46. The molecule has 82 valence electrons. The van der Waals surface area contributed by atoms with E-state index in [2.05, 4.69) is 27.0 Å². The first-order valence-corrected chi connectivity index (χ1v) is 6.30. The van der Waals surface area contributed by atoms with Crippen molar-refractivity contribution in [3.05, 3.63) is 23.8 Å². The molecule has 0 amide bonds. The first-order valence-electron chi connectivity index (χ1n) is 5.31. The normalized spacial score (nSPS) is 9.86. The van der Waals surface area contributed by atoms with Gasteiger partial charge in [-0.05, 0) is 17.7 Å². The second kappa shape index (κ2) is 9.20. The fourth-order valence-electron chi connectivity index (χ4n) is 0.844. The van der Waals surface area contributed by atoms with Gasteiger partial charge in [0.15, 0.2) is 0 Å². The van der Waals surface area contributed by atoms with E-state index in [0.29, 0.717) is 0 Å². The first kappa shape index (κ1) is 13.6. The number of ether oxygens (including phenoxy) is 1. The average Bonchev–Trinajstić information content (AvgIpc) is 2.18. The lowest BCUT2D eigenvalue weighted by Gasteiger charge is -2.08. The van der Waals surface area contributed by atoms with Gasteiger partial charge in [0.2, 0.25) is 0 Å². The molecule has 0 aromatic carbocycles. The number of allylic oxidation sites excluding steroid dienone is 2. The summed E-state index contributed by atoms with van der Waals surface area (Å²) >= 11 is 1.81. The van der Waals surface area contributed by atoms with E-state index in [9.17, 15) is 0 Å². The van der Waals surface area contributed by atoms with Gasteiger partial charge in [0, 0.05) is 12.2 Å². The van der Waals surface area contributed by atoms with Crippen LogP contribution >= 0.6 is 11.8 Å². The number of thioether (sulfide) groups is 1. The van der Waals surface area contributed by atoms with Crippen molar-refractivity contribution in [2.24, 2.45) is 0 Å². The largest absolute Gasteiger partial charge is 0.499 e. The molecule has 0 radical (unpaired) electrons. The van der Waals surface area contributed by atoms with Gasteiger partial charge in [-0.1, -0.05) is 33.4 Å². The van der Waals surface area contributed by atoms with Crippen LogP contribution in [0.1, 0.15) is 39.5 Å². The highest BCUT2D eigenvalue weighted by molar-refractivity contribution is 8.03. The monoisotopic (exact) mass is 214 g/mol. The van der Waals surface area contributed by atoms with Crippen molar-refractivity contribution in [3.63, 3.8) is 0 Å². The topological polar surface area (TPSA) is 9.23 Å². The molecule has 14 heavy (non-hydrogen) atoms. The number of hydrogen-bond acceptors (Lipinski definition) is 2. The zero-order chi connectivity index (χ0) is 10.8. The van der Waals surface area contributed by atoms with Crippen molar-refractivity contribution in [2.75, 3.05) is 12.4 Å². The van der Waals surface area contributed by atoms with Crippen molar-refractivity contribution in [3.8, 4) is 0 Å². The van der Waals surface area contributed by atoms with Gasteiger partial charge in [-0.2, -0.15) is 0 Å². The van der Waals surface area contributed by atoms with Gasteiger partial charge in [-0.3, -0.25) is 0 Å². The van der Waals surface area contributed by atoms with Crippen LogP contribution < -0.4 is 0 Å². The fourth-order valence-corrected chi connectivity index (χ4v) is 1.67. The van der Waals surface area contributed by atoms with Crippen LogP contribution in [0.3, 0.4) is 0 Å². The highest BCUT2D eigenvalue weighted by Crippen LogP contribution is 2.19. The molecule has 0 aliphatic carbocycles. The van der Waals surface area contributed by atoms with Crippen LogP contribution in [0, 0.1) is 0 Å². The summed E-state index contributed by atoms with van der Waals surface area (Å²) in [4.78, 5) is 1.24. The predicted molar refractivity (Wildman–Crippen MR) is 66.5 cm³/mol. The van der Waals surface area contributed by atoms with Gasteiger partial charge in [0.1, 0.15) is 0 Å². The molecule has 0 fully saturated rings. The SMILES string of the molecule is C=C(CCSC(=C)CC)OCCCC. The highest BCUT2D eigenvalue weighted by atomic mass is 32.2. The van der Waals surface area contributed by atoms with Gasteiger partial charge in [-0.15, -0.1) is 11.8 Å². The minimum Gasteiger partial charge on any atom is -0.499 e. The Morgan fingerprint density at radius 3 is 2.57 bits per heavy atom. The van der Waals surface area contributed by atoms with E-state index in [1.807, 2.05) is 11.8 Å². The van der Waals surface area contributed by atoms with E-state index in [4.69, 9.17) is 4.74 Å². The molecule has 0 aliphatic heterocycles. The van der Waals surface area contributed by atoms with Crippen molar-refractivity contribution in [2.45, 2.75) is 39.5 Å². The second-order valence-electron chi connectivity index (χ2n) is 3.23. The van der Waals surface area contributed by atoms with E-state index in [0.717, 1.165) is 37.4 Å². The Bertz CT molecular complexity index is 175. The van der Waals surface area contributed by atoms with Gasteiger partial charge in [0.05, 0.1) is 12.4 Å². The molecule has 0 aromatic rings. The number of rotatable bonds is 9. The van der Waals surface area contributed by atoms with Crippen molar-refractivity contribution < 1.29 is 4.74 Å². The van der Waals surface area contributed by atoms with Crippen molar-refractivity contribution in [1.82, 2.24) is 0 Å². The third-order valence-electron chi connectivity index (χ3n) is 1.89. The molecule has 0 saturated carbocycles. The fraction of sp³-hybridized carbons (Fsp3) is 0.667. The quantitative estimate of drug-likeness (QED) is 0.416. The van der Waals surface area contributed by atoms with Gasteiger partial charge < -0.3 is 4.74 Å². The molecule has 0 N–H and O–H groups in total. The summed E-state index contributed by atoms with van der Waals surface area (Å²) in [6.45, 7) is 12.9. The van der Waals surface area contributed by atoms with Gasteiger partial charge in [0.25, 0.3) is 0 Å². The molecule has 0 atom stereocenters. The molecule has 1 nitrogen and oxygen atoms in total. The van der Waals surface area contributed by atoms with Crippen molar-refractivity contribution >= 4 is 11.8 Å². The Morgan fingerprint density at radius 2 is 2.00 bits per heavy atom. The zero-order valence-electron chi connectivity index (χ0n) is 9.47. The van der Waals surface area contributed by atoms with E-state index >= 15 is 0 Å². The van der Waals surface area contributed by atoms with Crippen LogP contribution in [0.15, 0.2) is 23.8 Å². The zero-order valence-corrected chi connectivity index (χ0v) is 10.3. The molecule has 0 spiro atoms. The van der Waals surface area contributed by atoms with Gasteiger partial charge >= 0.3 is 0 Å². The lowest BCUT2D eigenvalue weighted by molar-refractivity contribution is 0.202. The molecule has 2 heteroatoms. The summed E-state index contributed by atoms with van der Waals surface area (Å²) in [5, 5.41) is 0. The van der Waals surface area contributed by atoms with E-state index in [-0.39, 0.29) is 0 Å². The summed E-state index contributed by atoms with van der Waals surface area (Å²) < 4.78 is 5.46. The first-order chi connectivity index (χ1) is 6.70. The summed E-state index contributed by atoms with van der Waals surface area (Å²) in [6, 6.07) is 0. The lowest BCUT2D eigenvalue weighted by Crippen LogP contribution is -1.95. The summed E-state index contributed by atoms with van der Waals surface area (Å²) in [7, 11) is 0. The Balaban J connectivity index is 3.31. The molecular weight excluding hydrogens is 192 g/mol. The number of hydrogen-bond donors (Lipinski definition) is 0. The molecule has 0 heterocycles. The standard InChI is InChI=1S/C12H22OS/c1-5-7-9-13-11(3)8-10-14-12(4)6-2/h3-10H2,1-2H3.